The summed E-state index contributed by atoms with van der Waals surface area (Å²) in [5, 5.41) is 12.9. The summed E-state index contributed by atoms with van der Waals surface area (Å²) < 4.78 is 1.91. The van der Waals surface area contributed by atoms with Gasteiger partial charge in [-0.1, -0.05) is 13.8 Å². The Morgan fingerprint density at radius 2 is 2.10 bits per heavy atom. The molecule has 0 unspecified atom stereocenters. The molecule has 20 heavy (non-hydrogen) atoms. The Balaban J connectivity index is 2.14. The first-order chi connectivity index (χ1) is 9.67. The van der Waals surface area contributed by atoms with E-state index in [1.165, 1.54) is 0 Å². The van der Waals surface area contributed by atoms with Crippen LogP contribution in [-0.2, 0) is 11.3 Å². The van der Waals surface area contributed by atoms with Crippen molar-refractivity contribution in [3.8, 4) is 6.07 Å². The average Bonchev–Trinajstić information content (AvgIpc) is 2.86. The molecule has 0 aliphatic rings. The lowest BCUT2D eigenvalue weighted by Gasteiger charge is -2.15. The minimum Gasteiger partial charge on any atom is -0.352 e. The zero-order chi connectivity index (χ0) is 14.5. The average molecular weight is 269 g/mol. The van der Waals surface area contributed by atoms with Crippen LogP contribution in [-0.4, -0.2) is 16.5 Å². The molecule has 0 aliphatic heterocycles. The summed E-state index contributed by atoms with van der Waals surface area (Å²) >= 11 is 0. The number of hydrogen-bond acceptors (Lipinski definition) is 2. The number of carbonyl (C=O) groups is 1. The third kappa shape index (κ3) is 3.00. The minimum atomic E-state index is 0.0283. The summed E-state index contributed by atoms with van der Waals surface area (Å²) in [4.78, 5) is 12.0. The number of rotatable bonds is 5. The van der Waals surface area contributed by atoms with Crippen molar-refractivity contribution in [2.24, 2.45) is 0 Å². The first kappa shape index (κ1) is 14.1. The van der Waals surface area contributed by atoms with Crippen molar-refractivity contribution < 1.29 is 4.79 Å². The maximum absolute atomic E-state index is 12.0. The number of fused-ring (bicyclic) bond motifs is 1. The van der Waals surface area contributed by atoms with Gasteiger partial charge in [0.2, 0.25) is 5.91 Å². The van der Waals surface area contributed by atoms with Gasteiger partial charge in [0.05, 0.1) is 11.6 Å². The molecular formula is C16H19N3O. The Labute approximate surface area is 119 Å². The zero-order valence-corrected chi connectivity index (χ0v) is 11.9. The van der Waals surface area contributed by atoms with Crippen LogP contribution in [0.15, 0.2) is 30.5 Å². The van der Waals surface area contributed by atoms with Crippen molar-refractivity contribution in [2.45, 2.75) is 39.3 Å². The van der Waals surface area contributed by atoms with E-state index in [1.807, 2.05) is 29.0 Å². The normalized spacial score (nSPS) is 10.7. The third-order valence-corrected chi connectivity index (χ3v) is 3.56. The number of nitrogens with zero attached hydrogens (tertiary/aromatic N) is 2. The van der Waals surface area contributed by atoms with E-state index in [9.17, 15) is 4.79 Å². The lowest BCUT2D eigenvalue weighted by atomic mass is 10.2. The number of benzene rings is 1. The fourth-order valence-electron chi connectivity index (χ4n) is 2.33. The summed E-state index contributed by atoms with van der Waals surface area (Å²) in [5.41, 5.74) is 1.61. The fourth-order valence-corrected chi connectivity index (χ4v) is 2.33. The van der Waals surface area contributed by atoms with Crippen molar-refractivity contribution in [1.82, 2.24) is 9.88 Å². The summed E-state index contributed by atoms with van der Waals surface area (Å²) in [7, 11) is 0. The standard InChI is InChI=1S/C16H19N3O/c1-3-14(4-2)18-16(20)11-19-8-7-13-9-12(10-17)5-6-15(13)19/h5-9,14H,3-4,11H2,1-2H3,(H,18,20). The Bertz CT molecular complexity index is 647. The molecule has 1 N–H and O–H groups in total. The molecule has 0 radical (unpaired) electrons. The van der Waals surface area contributed by atoms with Crippen LogP contribution in [0, 0.1) is 11.3 Å². The number of carbonyl (C=O) groups excluding carboxylic acids is 1. The van der Waals surface area contributed by atoms with E-state index in [0.29, 0.717) is 12.1 Å². The van der Waals surface area contributed by atoms with Crippen LogP contribution < -0.4 is 5.32 Å². The van der Waals surface area contributed by atoms with E-state index in [1.54, 1.807) is 6.07 Å². The van der Waals surface area contributed by atoms with Gasteiger partial charge in [0, 0.05) is 23.1 Å². The van der Waals surface area contributed by atoms with E-state index in [0.717, 1.165) is 23.7 Å². The largest absolute Gasteiger partial charge is 0.352 e. The number of hydrogen-bond donors (Lipinski definition) is 1. The molecule has 4 nitrogen and oxygen atoms in total. The lowest BCUT2D eigenvalue weighted by molar-refractivity contribution is -0.122. The van der Waals surface area contributed by atoms with Gasteiger partial charge >= 0.3 is 0 Å². The molecule has 1 heterocycles. The second kappa shape index (κ2) is 6.25. The number of nitriles is 1. The monoisotopic (exact) mass is 269 g/mol. The van der Waals surface area contributed by atoms with Gasteiger partial charge in [-0.05, 0) is 37.1 Å². The first-order valence-corrected chi connectivity index (χ1v) is 6.96. The van der Waals surface area contributed by atoms with Crippen molar-refractivity contribution in [1.29, 1.82) is 5.26 Å². The molecule has 1 aromatic carbocycles. The van der Waals surface area contributed by atoms with Crippen LogP contribution in [0.2, 0.25) is 0 Å². The van der Waals surface area contributed by atoms with Gasteiger partial charge in [0.15, 0.2) is 0 Å². The smallest absolute Gasteiger partial charge is 0.240 e. The van der Waals surface area contributed by atoms with Crippen molar-refractivity contribution in [3.63, 3.8) is 0 Å². The number of nitrogens with one attached hydrogen (secondary N) is 1. The zero-order valence-electron chi connectivity index (χ0n) is 11.9. The Hall–Kier alpha value is -2.28. The Morgan fingerprint density at radius 3 is 2.75 bits per heavy atom. The van der Waals surface area contributed by atoms with Crippen LogP contribution in [0.4, 0.5) is 0 Å². The quantitative estimate of drug-likeness (QED) is 0.907. The highest BCUT2D eigenvalue weighted by atomic mass is 16.2. The molecule has 0 saturated carbocycles. The number of amides is 1. The molecule has 0 aliphatic carbocycles. The van der Waals surface area contributed by atoms with Crippen LogP contribution in [0.5, 0.6) is 0 Å². The van der Waals surface area contributed by atoms with E-state index in [2.05, 4.69) is 25.2 Å². The molecule has 0 saturated heterocycles. The predicted molar refractivity (Wildman–Crippen MR) is 79.2 cm³/mol. The van der Waals surface area contributed by atoms with Crippen LogP contribution in [0.25, 0.3) is 10.9 Å². The number of aromatic nitrogens is 1. The summed E-state index contributed by atoms with van der Waals surface area (Å²) in [6.45, 7) is 4.46. The molecule has 104 valence electrons. The van der Waals surface area contributed by atoms with E-state index < -0.39 is 0 Å². The van der Waals surface area contributed by atoms with Gasteiger partial charge in [-0.25, -0.2) is 0 Å². The van der Waals surface area contributed by atoms with Crippen molar-refractivity contribution in [2.75, 3.05) is 0 Å². The van der Waals surface area contributed by atoms with E-state index >= 15 is 0 Å². The van der Waals surface area contributed by atoms with Crippen LogP contribution in [0.1, 0.15) is 32.3 Å². The molecule has 0 bridgehead atoms. The van der Waals surface area contributed by atoms with Gasteiger partial charge in [-0.3, -0.25) is 4.79 Å². The van der Waals surface area contributed by atoms with Crippen LogP contribution >= 0.6 is 0 Å². The molecular weight excluding hydrogens is 250 g/mol. The molecule has 0 spiro atoms. The third-order valence-electron chi connectivity index (χ3n) is 3.56. The molecule has 4 heteroatoms. The first-order valence-electron chi connectivity index (χ1n) is 6.96. The fraction of sp³-hybridized carbons (Fsp3) is 0.375. The van der Waals surface area contributed by atoms with Gasteiger partial charge < -0.3 is 9.88 Å². The highest BCUT2D eigenvalue weighted by Crippen LogP contribution is 2.17. The van der Waals surface area contributed by atoms with E-state index in [-0.39, 0.29) is 11.9 Å². The lowest BCUT2D eigenvalue weighted by Crippen LogP contribution is -2.36. The molecule has 1 aromatic heterocycles. The summed E-state index contributed by atoms with van der Waals surface area (Å²) in [6.07, 6.45) is 3.78. The van der Waals surface area contributed by atoms with Crippen molar-refractivity contribution >= 4 is 16.8 Å². The molecule has 2 aromatic rings. The van der Waals surface area contributed by atoms with Crippen LogP contribution in [0.3, 0.4) is 0 Å². The maximum Gasteiger partial charge on any atom is 0.240 e. The second-order valence-electron chi connectivity index (χ2n) is 4.91. The molecule has 0 atom stereocenters. The highest BCUT2D eigenvalue weighted by molar-refractivity contribution is 5.84. The molecule has 1 amide bonds. The van der Waals surface area contributed by atoms with Gasteiger partial charge in [-0.2, -0.15) is 5.26 Å². The predicted octanol–water partition coefficient (Wildman–Crippen LogP) is 2.82. The SMILES string of the molecule is CCC(CC)NC(=O)Cn1ccc2cc(C#N)ccc21. The summed E-state index contributed by atoms with van der Waals surface area (Å²) in [5.74, 6) is 0.0283. The van der Waals surface area contributed by atoms with Gasteiger partial charge in [-0.15, -0.1) is 0 Å². The second-order valence-corrected chi connectivity index (χ2v) is 4.91. The maximum atomic E-state index is 12.0. The summed E-state index contributed by atoms with van der Waals surface area (Å²) in [6, 6.07) is 9.80. The highest BCUT2D eigenvalue weighted by Gasteiger charge is 2.10. The van der Waals surface area contributed by atoms with Gasteiger partial charge in [0.1, 0.15) is 6.54 Å². The minimum absolute atomic E-state index is 0.0283. The molecule has 0 fully saturated rings. The topological polar surface area (TPSA) is 57.8 Å². The van der Waals surface area contributed by atoms with Gasteiger partial charge in [0.25, 0.3) is 0 Å². The Kier molecular flexibility index (Phi) is 4.41. The Morgan fingerprint density at radius 1 is 1.35 bits per heavy atom. The van der Waals surface area contributed by atoms with Crippen molar-refractivity contribution in [3.05, 3.63) is 36.0 Å². The molecule has 2 rings (SSSR count). The van der Waals surface area contributed by atoms with E-state index in [4.69, 9.17) is 5.26 Å².